The molecule has 0 heterocycles. The van der Waals surface area contributed by atoms with Crippen molar-refractivity contribution in [1.29, 1.82) is 0 Å². The first-order valence-corrected chi connectivity index (χ1v) is 10.0. The molecule has 2 aromatic carbocycles. The molecule has 146 valence electrons. The second-order valence-electron chi connectivity index (χ2n) is 7.29. The lowest BCUT2D eigenvalue weighted by atomic mass is 9.87. The summed E-state index contributed by atoms with van der Waals surface area (Å²) in [4.78, 5) is 10.6. The Morgan fingerprint density at radius 3 is 2.26 bits per heavy atom. The van der Waals surface area contributed by atoms with Crippen LogP contribution >= 0.6 is 0 Å². The van der Waals surface area contributed by atoms with E-state index in [0.717, 1.165) is 11.1 Å². The third-order valence-electron chi connectivity index (χ3n) is 4.16. The van der Waals surface area contributed by atoms with Crippen molar-refractivity contribution in [3.8, 4) is 5.75 Å². The molecule has 0 saturated heterocycles. The van der Waals surface area contributed by atoms with Gasteiger partial charge in [0.15, 0.2) is 0 Å². The number of aryl methyl sites for hydroxylation is 1. The molecule has 0 bridgehead atoms. The Labute approximate surface area is 160 Å². The summed E-state index contributed by atoms with van der Waals surface area (Å²) in [6.45, 7) is 6.12. The monoisotopic (exact) mass is 390 g/mol. The number of hydrogen-bond acceptors (Lipinski definition) is 5. The summed E-state index contributed by atoms with van der Waals surface area (Å²) in [5.74, 6) is -0.712. The van der Waals surface area contributed by atoms with Crippen LogP contribution in [0.1, 0.15) is 38.3 Å². The van der Waals surface area contributed by atoms with Gasteiger partial charge in [0.25, 0.3) is 10.0 Å². The topological polar surface area (TPSA) is 95.5 Å². The number of carboxylic acid groups (broad SMARTS) is 1. The standard InChI is InChI=1S/C20H25NO5S/c1-20(2,3)15-8-11-18(26-4)17(13-15)21-27(24,25)16-9-5-14(6-10-16)7-12-19(22)23/h5-6,8-11,13,21H,7,12H2,1-4H3,(H,22,23)/p-1. The van der Waals surface area contributed by atoms with Gasteiger partial charge < -0.3 is 14.6 Å². The second-order valence-corrected chi connectivity index (χ2v) is 8.97. The molecule has 0 spiro atoms. The molecule has 0 aromatic heterocycles. The normalized spacial score (nSPS) is 11.9. The van der Waals surface area contributed by atoms with E-state index in [2.05, 4.69) is 4.72 Å². The predicted octanol–water partition coefficient (Wildman–Crippen LogP) is 2.48. The molecule has 0 fully saturated rings. The molecule has 2 rings (SSSR count). The van der Waals surface area contributed by atoms with Crippen LogP contribution in [0.5, 0.6) is 5.75 Å². The van der Waals surface area contributed by atoms with E-state index in [9.17, 15) is 18.3 Å². The van der Waals surface area contributed by atoms with Crippen LogP contribution in [0.15, 0.2) is 47.4 Å². The van der Waals surface area contributed by atoms with Gasteiger partial charge in [-0.3, -0.25) is 4.72 Å². The Kier molecular flexibility index (Phi) is 6.15. The Hall–Kier alpha value is -2.54. The molecule has 0 aliphatic carbocycles. The number of nitrogens with one attached hydrogen (secondary N) is 1. The fourth-order valence-corrected chi connectivity index (χ4v) is 3.60. The molecule has 6 nitrogen and oxygen atoms in total. The number of ether oxygens (including phenoxy) is 1. The number of anilines is 1. The van der Waals surface area contributed by atoms with E-state index in [1.807, 2.05) is 26.8 Å². The van der Waals surface area contributed by atoms with Crippen LogP contribution in [0.4, 0.5) is 5.69 Å². The summed E-state index contributed by atoms with van der Waals surface area (Å²) in [5, 5.41) is 10.5. The lowest BCUT2D eigenvalue weighted by Crippen LogP contribution is -2.22. The fraction of sp³-hybridized carbons (Fsp3) is 0.350. The van der Waals surface area contributed by atoms with Gasteiger partial charge in [0.05, 0.1) is 17.7 Å². The van der Waals surface area contributed by atoms with Crippen LogP contribution in [-0.4, -0.2) is 21.5 Å². The van der Waals surface area contributed by atoms with Gasteiger partial charge in [-0.15, -0.1) is 0 Å². The Morgan fingerprint density at radius 2 is 1.74 bits per heavy atom. The SMILES string of the molecule is COc1ccc(C(C)(C)C)cc1NS(=O)(=O)c1ccc(CCC(=O)[O-])cc1. The van der Waals surface area contributed by atoms with Gasteiger partial charge >= 0.3 is 0 Å². The smallest absolute Gasteiger partial charge is 0.262 e. The zero-order valence-electron chi connectivity index (χ0n) is 15.9. The maximum Gasteiger partial charge on any atom is 0.262 e. The molecule has 7 heteroatoms. The largest absolute Gasteiger partial charge is 0.550 e. The van der Waals surface area contributed by atoms with Crippen molar-refractivity contribution in [2.45, 2.75) is 43.9 Å². The Morgan fingerprint density at radius 1 is 1.11 bits per heavy atom. The van der Waals surface area contributed by atoms with E-state index < -0.39 is 16.0 Å². The molecule has 0 saturated carbocycles. The third kappa shape index (κ3) is 5.47. The minimum atomic E-state index is -3.81. The average molecular weight is 390 g/mol. The summed E-state index contributed by atoms with van der Waals surface area (Å²) in [7, 11) is -2.33. The van der Waals surface area contributed by atoms with E-state index in [0.29, 0.717) is 11.4 Å². The quantitative estimate of drug-likeness (QED) is 0.784. The molecule has 0 radical (unpaired) electrons. The maximum absolute atomic E-state index is 12.7. The first-order chi connectivity index (χ1) is 12.5. The second kappa shape index (κ2) is 8.00. The van der Waals surface area contributed by atoms with Crippen molar-refractivity contribution >= 4 is 21.7 Å². The van der Waals surface area contributed by atoms with Crippen molar-refractivity contribution < 1.29 is 23.1 Å². The molecule has 1 N–H and O–H groups in total. The van der Waals surface area contributed by atoms with Crippen molar-refractivity contribution in [2.24, 2.45) is 0 Å². The number of aliphatic carboxylic acids is 1. The minimum Gasteiger partial charge on any atom is -0.550 e. The molecule has 0 aliphatic heterocycles. The number of benzene rings is 2. The first-order valence-electron chi connectivity index (χ1n) is 8.53. The number of methoxy groups -OCH3 is 1. The van der Waals surface area contributed by atoms with Crippen molar-refractivity contribution in [3.63, 3.8) is 0 Å². The molecule has 2 aromatic rings. The lowest BCUT2D eigenvalue weighted by Gasteiger charge is -2.21. The van der Waals surface area contributed by atoms with Gasteiger partial charge in [-0.25, -0.2) is 8.42 Å². The van der Waals surface area contributed by atoms with E-state index in [1.165, 1.54) is 19.2 Å². The van der Waals surface area contributed by atoms with E-state index >= 15 is 0 Å². The van der Waals surface area contributed by atoms with Crippen LogP contribution in [0.2, 0.25) is 0 Å². The van der Waals surface area contributed by atoms with Gasteiger partial charge in [-0.2, -0.15) is 0 Å². The summed E-state index contributed by atoms with van der Waals surface area (Å²) < 4.78 is 33.3. The van der Waals surface area contributed by atoms with Crippen LogP contribution in [-0.2, 0) is 26.7 Å². The number of rotatable bonds is 7. The van der Waals surface area contributed by atoms with Crippen LogP contribution < -0.4 is 14.6 Å². The van der Waals surface area contributed by atoms with Crippen molar-refractivity contribution in [3.05, 3.63) is 53.6 Å². The first kappa shape index (κ1) is 20.8. The minimum absolute atomic E-state index is 0.0860. The van der Waals surface area contributed by atoms with E-state index in [-0.39, 0.29) is 23.2 Å². The molecule has 0 unspecified atom stereocenters. The summed E-state index contributed by atoms with van der Waals surface area (Å²) in [5.41, 5.74) is 1.92. The van der Waals surface area contributed by atoms with Gasteiger partial charge in [0.1, 0.15) is 5.75 Å². The highest BCUT2D eigenvalue weighted by Gasteiger charge is 2.20. The third-order valence-corrected chi connectivity index (χ3v) is 5.54. The zero-order valence-corrected chi connectivity index (χ0v) is 16.7. The summed E-state index contributed by atoms with van der Waals surface area (Å²) in [6, 6.07) is 11.5. The Balaban J connectivity index is 2.29. The van der Waals surface area contributed by atoms with Crippen molar-refractivity contribution in [1.82, 2.24) is 0 Å². The van der Waals surface area contributed by atoms with Crippen LogP contribution in [0.3, 0.4) is 0 Å². The number of sulfonamides is 1. The predicted molar refractivity (Wildman–Crippen MR) is 102 cm³/mol. The van der Waals surface area contributed by atoms with Crippen LogP contribution in [0.25, 0.3) is 0 Å². The van der Waals surface area contributed by atoms with E-state index in [1.54, 1.807) is 24.3 Å². The highest BCUT2D eigenvalue weighted by molar-refractivity contribution is 7.92. The number of carbonyl (C=O) groups is 1. The highest BCUT2D eigenvalue weighted by Crippen LogP contribution is 2.32. The lowest BCUT2D eigenvalue weighted by molar-refractivity contribution is -0.305. The highest BCUT2D eigenvalue weighted by atomic mass is 32.2. The molecule has 0 aliphatic rings. The van der Waals surface area contributed by atoms with Gasteiger partial charge in [-0.05, 0) is 53.6 Å². The molecule has 27 heavy (non-hydrogen) atoms. The molecular weight excluding hydrogens is 366 g/mol. The van der Waals surface area contributed by atoms with Gasteiger partial charge in [0.2, 0.25) is 0 Å². The van der Waals surface area contributed by atoms with Crippen LogP contribution in [0, 0.1) is 0 Å². The number of hydrogen-bond donors (Lipinski definition) is 1. The summed E-state index contributed by atoms with van der Waals surface area (Å²) in [6.07, 6.45) is 0.179. The number of carboxylic acids is 1. The van der Waals surface area contributed by atoms with Gasteiger partial charge in [-0.1, -0.05) is 39.0 Å². The molecule has 0 amide bonds. The Bertz CT molecular complexity index is 912. The average Bonchev–Trinajstić information content (AvgIpc) is 2.59. The number of carbonyl (C=O) groups excluding carboxylic acids is 1. The fourth-order valence-electron chi connectivity index (χ4n) is 2.54. The molecular formula is C20H24NO5S-. The summed E-state index contributed by atoms with van der Waals surface area (Å²) >= 11 is 0. The maximum atomic E-state index is 12.7. The molecule has 0 atom stereocenters. The zero-order chi connectivity index (χ0) is 20.2. The van der Waals surface area contributed by atoms with E-state index in [4.69, 9.17) is 4.74 Å². The van der Waals surface area contributed by atoms with Gasteiger partial charge in [0, 0.05) is 5.97 Å². The van der Waals surface area contributed by atoms with Crippen molar-refractivity contribution in [2.75, 3.05) is 11.8 Å².